The molecule has 1 saturated heterocycles. The Kier molecular flexibility index (Phi) is 11.8. The van der Waals surface area contributed by atoms with Crippen LogP contribution in [0.4, 0.5) is 5.82 Å². The number of rotatable bonds is 7. The quantitative estimate of drug-likeness (QED) is 0.758. The maximum absolute atomic E-state index is 12.6. The first-order chi connectivity index (χ1) is 10.8. The highest BCUT2D eigenvalue weighted by atomic mass is 35.5. The van der Waals surface area contributed by atoms with Crippen molar-refractivity contribution in [2.45, 2.75) is 32.2 Å². The van der Waals surface area contributed by atoms with Crippen molar-refractivity contribution in [2.24, 2.45) is 5.73 Å². The van der Waals surface area contributed by atoms with Crippen molar-refractivity contribution in [3.05, 3.63) is 23.9 Å². The third-order valence-corrected chi connectivity index (χ3v) is 3.87. The minimum absolute atomic E-state index is 0. The zero-order chi connectivity index (χ0) is 15.8. The third-order valence-electron chi connectivity index (χ3n) is 3.87. The van der Waals surface area contributed by atoms with Crippen LogP contribution in [0.2, 0.25) is 0 Å². The van der Waals surface area contributed by atoms with E-state index in [4.69, 9.17) is 10.5 Å². The number of ether oxygens (including phenoxy) is 1. The molecule has 0 aliphatic carbocycles. The van der Waals surface area contributed by atoms with Crippen LogP contribution in [0, 0.1) is 0 Å². The molecule has 1 aliphatic heterocycles. The summed E-state index contributed by atoms with van der Waals surface area (Å²) in [6, 6.07) is 3.63. The van der Waals surface area contributed by atoms with Crippen LogP contribution in [0.5, 0.6) is 0 Å². The first kappa shape index (κ1) is 22.9. The van der Waals surface area contributed by atoms with Gasteiger partial charge >= 0.3 is 0 Å². The van der Waals surface area contributed by atoms with Gasteiger partial charge in [-0.15, -0.1) is 24.8 Å². The molecule has 1 aliphatic rings. The molecule has 0 aromatic carbocycles. The number of hydrogen-bond donors (Lipinski definition) is 2. The Hall–Kier alpha value is -1.08. The van der Waals surface area contributed by atoms with Gasteiger partial charge in [-0.25, -0.2) is 4.98 Å². The van der Waals surface area contributed by atoms with Gasteiger partial charge in [-0.1, -0.05) is 19.8 Å². The summed E-state index contributed by atoms with van der Waals surface area (Å²) >= 11 is 0. The molecular weight excluding hydrogens is 351 g/mol. The second kappa shape index (κ2) is 12.3. The summed E-state index contributed by atoms with van der Waals surface area (Å²) in [4.78, 5) is 19.1. The number of unbranched alkanes of at least 4 members (excludes halogenated alkanes) is 1. The number of halogens is 2. The summed E-state index contributed by atoms with van der Waals surface area (Å²) in [5.74, 6) is 0.635. The number of carbonyl (C=O) groups excluding carboxylic acids is 1. The van der Waals surface area contributed by atoms with Crippen molar-refractivity contribution in [3.63, 3.8) is 0 Å². The van der Waals surface area contributed by atoms with Gasteiger partial charge in [-0.3, -0.25) is 4.79 Å². The van der Waals surface area contributed by atoms with Crippen molar-refractivity contribution in [2.75, 3.05) is 37.7 Å². The molecule has 1 unspecified atom stereocenters. The highest BCUT2D eigenvalue weighted by Gasteiger charge is 2.21. The first-order valence-corrected chi connectivity index (χ1v) is 8.05. The Labute approximate surface area is 156 Å². The molecule has 0 spiro atoms. The molecule has 1 aromatic heterocycles. The second-order valence-electron chi connectivity index (χ2n) is 5.52. The average Bonchev–Trinajstić information content (AvgIpc) is 2.59. The first-order valence-electron chi connectivity index (χ1n) is 8.05. The van der Waals surface area contributed by atoms with E-state index in [9.17, 15) is 4.79 Å². The molecule has 1 amide bonds. The van der Waals surface area contributed by atoms with Gasteiger partial charge in [0.05, 0.1) is 18.8 Å². The zero-order valence-corrected chi connectivity index (χ0v) is 15.7. The van der Waals surface area contributed by atoms with E-state index in [-0.39, 0.29) is 36.8 Å². The summed E-state index contributed by atoms with van der Waals surface area (Å²) in [6.45, 7) is 5.44. The SMILES string of the molecule is CCCCC(CN)NC(=O)c1cccnc1N1CCOCC1.Cl.Cl. The van der Waals surface area contributed by atoms with Crippen molar-refractivity contribution in [1.29, 1.82) is 0 Å². The number of aromatic nitrogens is 1. The van der Waals surface area contributed by atoms with Crippen LogP contribution in [-0.2, 0) is 4.74 Å². The van der Waals surface area contributed by atoms with Crippen molar-refractivity contribution >= 4 is 36.5 Å². The molecule has 0 bridgehead atoms. The van der Waals surface area contributed by atoms with Gasteiger partial charge in [0, 0.05) is 31.9 Å². The Balaban J connectivity index is 0.00000264. The third kappa shape index (κ3) is 6.43. The number of amides is 1. The summed E-state index contributed by atoms with van der Waals surface area (Å²) in [5.41, 5.74) is 6.37. The smallest absolute Gasteiger partial charge is 0.255 e. The maximum atomic E-state index is 12.6. The van der Waals surface area contributed by atoms with E-state index < -0.39 is 0 Å². The standard InChI is InChI=1S/C16H26N4O2.2ClH/c1-2-3-5-13(12-17)19-16(21)14-6-4-7-18-15(14)20-8-10-22-11-9-20;;/h4,6-7,13H,2-3,5,8-12,17H2,1H3,(H,19,21);2*1H. The minimum atomic E-state index is -0.0962. The van der Waals surface area contributed by atoms with E-state index in [0.29, 0.717) is 25.3 Å². The van der Waals surface area contributed by atoms with E-state index in [1.165, 1.54) is 0 Å². The van der Waals surface area contributed by atoms with E-state index >= 15 is 0 Å². The van der Waals surface area contributed by atoms with Crippen molar-refractivity contribution in [1.82, 2.24) is 10.3 Å². The summed E-state index contributed by atoms with van der Waals surface area (Å²) in [6.07, 6.45) is 4.79. The molecular formula is C16H28Cl2N4O2. The van der Waals surface area contributed by atoms with Crippen LogP contribution in [0.25, 0.3) is 0 Å². The lowest BCUT2D eigenvalue weighted by atomic mass is 10.1. The fourth-order valence-corrected chi connectivity index (χ4v) is 2.56. The average molecular weight is 379 g/mol. The van der Waals surface area contributed by atoms with Gasteiger partial charge < -0.3 is 20.7 Å². The highest BCUT2D eigenvalue weighted by molar-refractivity contribution is 5.99. The van der Waals surface area contributed by atoms with E-state index in [1.807, 2.05) is 6.07 Å². The van der Waals surface area contributed by atoms with Gasteiger partial charge in [0.2, 0.25) is 0 Å². The number of pyridine rings is 1. The summed E-state index contributed by atoms with van der Waals surface area (Å²) < 4.78 is 5.36. The van der Waals surface area contributed by atoms with Crippen molar-refractivity contribution < 1.29 is 9.53 Å². The number of nitrogens with one attached hydrogen (secondary N) is 1. The fourth-order valence-electron chi connectivity index (χ4n) is 2.56. The van der Waals surface area contributed by atoms with E-state index in [2.05, 4.69) is 22.1 Å². The Morgan fingerprint density at radius 1 is 1.42 bits per heavy atom. The van der Waals surface area contributed by atoms with Gasteiger partial charge in [0.1, 0.15) is 5.82 Å². The molecule has 6 nitrogen and oxygen atoms in total. The highest BCUT2D eigenvalue weighted by Crippen LogP contribution is 2.18. The molecule has 0 saturated carbocycles. The Bertz CT molecular complexity index is 485. The number of anilines is 1. The van der Waals surface area contributed by atoms with Gasteiger partial charge in [-0.2, -0.15) is 0 Å². The molecule has 1 fully saturated rings. The number of morpholine rings is 1. The molecule has 8 heteroatoms. The molecule has 3 N–H and O–H groups in total. The zero-order valence-electron chi connectivity index (χ0n) is 14.1. The molecule has 2 heterocycles. The van der Waals surface area contributed by atoms with Gasteiger partial charge in [-0.05, 0) is 18.6 Å². The molecule has 2 rings (SSSR count). The van der Waals surface area contributed by atoms with Crippen LogP contribution < -0.4 is 16.0 Å². The Morgan fingerprint density at radius 2 is 2.12 bits per heavy atom. The molecule has 138 valence electrons. The lowest BCUT2D eigenvalue weighted by Gasteiger charge is -2.29. The predicted molar refractivity (Wildman–Crippen MR) is 102 cm³/mol. The van der Waals surface area contributed by atoms with Gasteiger partial charge in [0.25, 0.3) is 5.91 Å². The number of nitrogens with two attached hydrogens (primary N) is 1. The summed E-state index contributed by atoms with van der Waals surface area (Å²) in [5, 5.41) is 3.04. The Morgan fingerprint density at radius 3 is 2.75 bits per heavy atom. The monoisotopic (exact) mass is 378 g/mol. The fraction of sp³-hybridized carbons (Fsp3) is 0.625. The van der Waals surface area contributed by atoms with Gasteiger partial charge in [0.15, 0.2) is 0 Å². The largest absolute Gasteiger partial charge is 0.378 e. The van der Waals surface area contributed by atoms with Crippen LogP contribution >= 0.6 is 24.8 Å². The predicted octanol–water partition coefficient (Wildman–Crippen LogP) is 2.01. The normalized spacial score (nSPS) is 15.0. The number of hydrogen-bond acceptors (Lipinski definition) is 5. The maximum Gasteiger partial charge on any atom is 0.255 e. The lowest BCUT2D eigenvalue weighted by Crippen LogP contribution is -2.42. The van der Waals surface area contributed by atoms with Crippen LogP contribution in [0.1, 0.15) is 36.5 Å². The molecule has 1 atom stereocenters. The number of nitrogens with zero attached hydrogens (tertiary/aromatic N) is 2. The second-order valence-corrected chi connectivity index (χ2v) is 5.52. The minimum Gasteiger partial charge on any atom is -0.378 e. The lowest BCUT2D eigenvalue weighted by molar-refractivity contribution is 0.0934. The molecule has 0 radical (unpaired) electrons. The van der Waals surface area contributed by atoms with E-state index in [0.717, 1.165) is 38.2 Å². The number of carbonyl (C=O) groups is 1. The van der Waals surface area contributed by atoms with Crippen molar-refractivity contribution in [3.8, 4) is 0 Å². The van der Waals surface area contributed by atoms with Crippen LogP contribution in [-0.4, -0.2) is 49.8 Å². The summed E-state index contributed by atoms with van der Waals surface area (Å²) in [7, 11) is 0. The van der Waals surface area contributed by atoms with E-state index in [1.54, 1.807) is 12.3 Å². The molecule has 1 aromatic rings. The van der Waals surface area contributed by atoms with Crippen LogP contribution in [0.3, 0.4) is 0 Å². The topological polar surface area (TPSA) is 80.5 Å². The molecule has 24 heavy (non-hydrogen) atoms. The van der Waals surface area contributed by atoms with Crippen LogP contribution in [0.15, 0.2) is 18.3 Å².